The first kappa shape index (κ1) is 21.9. The van der Waals surface area contributed by atoms with Crippen molar-refractivity contribution in [3.05, 3.63) is 18.2 Å². The van der Waals surface area contributed by atoms with Crippen LogP contribution in [0.1, 0.15) is 13.8 Å². The first-order valence-corrected chi connectivity index (χ1v) is 9.35. The van der Waals surface area contributed by atoms with Crippen LogP contribution in [0.4, 0.5) is 5.69 Å². The van der Waals surface area contributed by atoms with Crippen molar-refractivity contribution in [1.82, 2.24) is 9.21 Å². The van der Waals surface area contributed by atoms with Crippen molar-refractivity contribution in [3.8, 4) is 5.75 Å². The molecule has 0 bridgehead atoms. The molecule has 0 spiro atoms. The van der Waals surface area contributed by atoms with Gasteiger partial charge in [0.25, 0.3) is 0 Å². The zero-order valence-electron chi connectivity index (χ0n) is 15.6. The molecule has 2 amide bonds. The Kier molecular flexibility index (Phi) is 7.54. The fourth-order valence-electron chi connectivity index (χ4n) is 2.15. The topological polar surface area (TPSA) is 122 Å². The Morgan fingerprint density at radius 3 is 2.31 bits per heavy atom. The van der Waals surface area contributed by atoms with E-state index in [2.05, 4.69) is 5.32 Å². The number of hydrogen-bond donors (Lipinski definition) is 2. The number of nitrogens with one attached hydrogen (secondary N) is 1. The summed E-state index contributed by atoms with van der Waals surface area (Å²) in [6.07, 6.45) is 0. The van der Waals surface area contributed by atoms with Crippen molar-refractivity contribution >= 4 is 27.5 Å². The second kappa shape index (κ2) is 8.97. The highest BCUT2D eigenvalue weighted by Crippen LogP contribution is 2.28. The summed E-state index contributed by atoms with van der Waals surface area (Å²) in [4.78, 5) is 25.1. The second-order valence-corrected chi connectivity index (χ2v) is 8.31. The van der Waals surface area contributed by atoms with Gasteiger partial charge in [-0.1, -0.05) is 0 Å². The largest absolute Gasteiger partial charge is 0.495 e. The zero-order valence-corrected chi connectivity index (χ0v) is 16.5. The van der Waals surface area contributed by atoms with Gasteiger partial charge in [-0.05, 0) is 32.0 Å². The Labute approximate surface area is 154 Å². The lowest BCUT2D eigenvalue weighted by Crippen LogP contribution is -2.43. The third-order valence-corrected chi connectivity index (χ3v) is 5.47. The van der Waals surface area contributed by atoms with E-state index in [0.717, 1.165) is 4.31 Å². The maximum atomic E-state index is 12.4. The number of rotatable bonds is 9. The van der Waals surface area contributed by atoms with Gasteiger partial charge in [0, 0.05) is 20.1 Å². The number of nitrogens with zero attached hydrogens (tertiary/aromatic N) is 2. The van der Waals surface area contributed by atoms with Gasteiger partial charge in [0.05, 0.1) is 30.8 Å². The lowest BCUT2D eigenvalue weighted by atomic mass is 10.2. The second-order valence-electron chi connectivity index (χ2n) is 6.16. The Morgan fingerprint density at radius 2 is 1.85 bits per heavy atom. The number of nitrogens with two attached hydrogens (primary N) is 1. The number of hydrogen-bond acceptors (Lipinski definition) is 6. The van der Waals surface area contributed by atoms with Gasteiger partial charge in [0.15, 0.2) is 0 Å². The summed E-state index contributed by atoms with van der Waals surface area (Å²) in [6.45, 7) is 3.54. The van der Waals surface area contributed by atoms with Crippen molar-refractivity contribution in [3.63, 3.8) is 0 Å². The van der Waals surface area contributed by atoms with E-state index < -0.39 is 21.8 Å². The minimum atomic E-state index is -3.66. The van der Waals surface area contributed by atoms with Crippen LogP contribution in [0.2, 0.25) is 0 Å². The fourth-order valence-corrected chi connectivity index (χ4v) is 3.08. The van der Waals surface area contributed by atoms with E-state index in [9.17, 15) is 18.0 Å². The molecular weight excluding hydrogens is 360 g/mol. The van der Waals surface area contributed by atoms with Crippen molar-refractivity contribution in [2.24, 2.45) is 5.73 Å². The van der Waals surface area contributed by atoms with Gasteiger partial charge in [-0.15, -0.1) is 0 Å². The molecule has 0 fully saturated rings. The Balaban J connectivity index is 3.07. The molecule has 0 unspecified atom stereocenters. The van der Waals surface area contributed by atoms with E-state index in [0.29, 0.717) is 5.75 Å². The van der Waals surface area contributed by atoms with Crippen LogP contribution in [0.5, 0.6) is 5.75 Å². The van der Waals surface area contributed by atoms with Crippen LogP contribution in [0.25, 0.3) is 0 Å². The first-order valence-electron chi connectivity index (χ1n) is 7.91. The van der Waals surface area contributed by atoms with E-state index in [1.807, 2.05) is 13.8 Å². The van der Waals surface area contributed by atoms with Gasteiger partial charge in [-0.3, -0.25) is 14.5 Å². The molecule has 3 N–H and O–H groups in total. The highest BCUT2D eigenvalue weighted by molar-refractivity contribution is 7.89. The first-order chi connectivity index (χ1) is 12.0. The summed E-state index contributed by atoms with van der Waals surface area (Å²) < 4.78 is 30.8. The smallest absolute Gasteiger partial charge is 0.242 e. The Morgan fingerprint density at radius 1 is 1.23 bits per heavy atom. The molecule has 0 saturated carbocycles. The lowest BCUT2D eigenvalue weighted by molar-refractivity contribution is -0.121. The third kappa shape index (κ3) is 5.68. The molecule has 0 radical (unpaired) electrons. The predicted octanol–water partition coefficient (Wildman–Crippen LogP) is 0.0797. The molecular formula is C16H26N4O5S. The van der Waals surface area contributed by atoms with Gasteiger partial charge in [-0.25, -0.2) is 12.7 Å². The number of methoxy groups -OCH3 is 1. The third-order valence-electron chi connectivity index (χ3n) is 3.66. The molecule has 146 valence electrons. The van der Waals surface area contributed by atoms with Crippen LogP contribution in [0.3, 0.4) is 0 Å². The van der Waals surface area contributed by atoms with Gasteiger partial charge < -0.3 is 15.8 Å². The number of carbonyl (C=O) groups is 2. The van der Waals surface area contributed by atoms with E-state index in [1.54, 1.807) is 4.90 Å². The minimum Gasteiger partial charge on any atom is -0.495 e. The molecule has 0 atom stereocenters. The van der Waals surface area contributed by atoms with Crippen LogP contribution in [-0.2, 0) is 19.6 Å². The van der Waals surface area contributed by atoms with Crippen molar-refractivity contribution in [1.29, 1.82) is 0 Å². The SMILES string of the molecule is COc1ccc(S(=O)(=O)N(C)C)cc1NC(=O)CN(CC(N)=O)C(C)C. The molecule has 0 saturated heterocycles. The maximum absolute atomic E-state index is 12.4. The van der Waals surface area contributed by atoms with Crippen LogP contribution < -0.4 is 15.8 Å². The normalized spacial score (nSPS) is 11.8. The van der Waals surface area contributed by atoms with Crippen LogP contribution >= 0.6 is 0 Å². The summed E-state index contributed by atoms with van der Waals surface area (Å²) in [5, 5.41) is 2.63. The number of primary amides is 1. The molecule has 0 aliphatic heterocycles. The molecule has 10 heteroatoms. The summed E-state index contributed by atoms with van der Waals surface area (Å²) in [7, 11) is 0.595. The summed E-state index contributed by atoms with van der Waals surface area (Å²) in [5.74, 6) is -0.636. The maximum Gasteiger partial charge on any atom is 0.242 e. The number of sulfonamides is 1. The van der Waals surface area contributed by atoms with Crippen LogP contribution in [0, 0.1) is 0 Å². The molecule has 1 rings (SSSR count). The minimum absolute atomic E-state index is 0.0245. The quantitative estimate of drug-likeness (QED) is 0.620. The van der Waals surface area contributed by atoms with Crippen molar-refractivity contribution in [2.75, 3.05) is 39.6 Å². The monoisotopic (exact) mass is 386 g/mol. The van der Waals surface area contributed by atoms with E-state index in [4.69, 9.17) is 10.5 Å². The zero-order chi connectivity index (χ0) is 20.1. The lowest BCUT2D eigenvalue weighted by Gasteiger charge is -2.24. The molecule has 0 aromatic heterocycles. The standard InChI is InChI=1S/C16H26N4O5S/c1-11(2)20(9-15(17)21)10-16(22)18-13-8-12(6-7-14(13)25-5)26(23,24)19(3)4/h6-8,11H,9-10H2,1-5H3,(H2,17,21)(H,18,22). The molecule has 0 aliphatic rings. The molecule has 0 aliphatic carbocycles. The Hall–Kier alpha value is -2.17. The number of anilines is 1. The number of ether oxygens (including phenoxy) is 1. The number of carbonyl (C=O) groups excluding carboxylic acids is 2. The van der Waals surface area contributed by atoms with Crippen LogP contribution in [0.15, 0.2) is 23.1 Å². The van der Waals surface area contributed by atoms with Gasteiger partial charge in [-0.2, -0.15) is 0 Å². The highest BCUT2D eigenvalue weighted by atomic mass is 32.2. The summed E-state index contributed by atoms with van der Waals surface area (Å²) in [5.41, 5.74) is 5.42. The van der Waals surface area contributed by atoms with Crippen LogP contribution in [-0.4, -0.2) is 69.8 Å². The predicted molar refractivity (Wildman–Crippen MR) is 98.4 cm³/mol. The molecule has 26 heavy (non-hydrogen) atoms. The average molecular weight is 386 g/mol. The average Bonchev–Trinajstić information content (AvgIpc) is 2.53. The van der Waals surface area contributed by atoms with E-state index >= 15 is 0 Å². The van der Waals surface area contributed by atoms with Gasteiger partial charge >= 0.3 is 0 Å². The summed E-state index contributed by atoms with van der Waals surface area (Å²) >= 11 is 0. The van der Waals surface area contributed by atoms with Gasteiger partial charge in [0.2, 0.25) is 21.8 Å². The number of benzene rings is 1. The Bertz CT molecular complexity index is 762. The highest BCUT2D eigenvalue weighted by Gasteiger charge is 2.21. The summed E-state index contributed by atoms with van der Waals surface area (Å²) in [6, 6.07) is 4.13. The number of amides is 2. The van der Waals surface area contributed by atoms with Crippen molar-refractivity contribution < 1.29 is 22.7 Å². The van der Waals surface area contributed by atoms with E-state index in [1.165, 1.54) is 39.4 Å². The molecule has 0 heterocycles. The molecule has 1 aromatic carbocycles. The van der Waals surface area contributed by atoms with Gasteiger partial charge in [0.1, 0.15) is 5.75 Å². The molecule has 9 nitrogen and oxygen atoms in total. The fraction of sp³-hybridized carbons (Fsp3) is 0.500. The van der Waals surface area contributed by atoms with E-state index in [-0.39, 0.29) is 29.7 Å². The molecule has 1 aromatic rings. The van der Waals surface area contributed by atoms with Crippen molar-refractivity contribution in [2.45, 2.75) is 24.8 Å².